The molecule has 0 aromatic carbocycles. The van der Waals surface area contributed by atoms with Crippen LogP contribution >= 0.6 is 0 Å². The van der Waals surface area contributed by atoms with Crippen molar-refractivity contribution >= 4 is 17.4 Å². The van der Waals surface area contributed by atoms with Gasteiger partial charge in [-0.3, -0.25) is 4.79 Å². The number of nitrogens with zero attached hydrogens (tertiary/aromatic N) is 3. The summed E-state index contributed by atoms with van der Waals surface area (Å²) in [6.45, 7) is 9.97. The van der Waals surface area contributed by atoms with Gasteiger partial charge in [-0.05, 0) is 37.6 Å². The van der Waals surface area contributed by atoms with Gasteiger partial charge in [0.15, 0.2) is 0 Å². The Balaban J connectivity index is 0.000000552. The number of nitrogens with two attached hydrogens (primary N) is 1. The topological polar surface area (TPSA) is 96.2 Å². The zero-order valence-corrected chi connectivity index (χ0v) is 15.5. The van der Waals surface area contributed by atoms with Gasteiger partial charge in [0.25, 0.3) is 0 Å². The number of rotatable bonds is 3. The number of hydrogen-bond donors (Lipinski definition) is 3. The minimum absolute atomic E-state index is 0.0379. The van der Waals surface area contributed by atoms with Gasteiger partial charge >= 0.3 is 0 Å². The zero-order valence-electron chi connectivity index (χ0n) is 15.5. The van der Waals surface area contributed by atoms with Crippen molar-refractivity contribution in [2.45, 2.75) is 32.7 Å². The molecule has 0 saturated carbocycles. The minimum atomic E-state index is 0.0379. The maximum atomic E-state index is 11.1. The number of nitrogens with one attached hydrogen (secondary N) is 2. The van der Waals surface area contributed by atoms with Crippen molar-refractivity contribution in [3.8, 4) is 0 Å². The van der Waals surface area contributed by atoms with E-state index in [-0.39, 0.29) is 11.9 Å². The molecule has 0 spiro atoms. The first-order chi connectivity index (χ1) is 12.5. The average Bonchev–Trinajstić information content (AvgIpc) is 3.08. The molecule has 0 radical (unpaired) electrons. The van der Waals surface area contributed by atoms with Crippen molar-refractivity contribution < 1.29 is 4.79 Å². The van der Waals surface area contributed by atoms with Gasteiger partial charge < -0.3 is 21.3 Å². The lowest BCUT2D eigenvalue weighted by molar-refractivity contribution is -0.119. The largest absolute Gasteiger partial charge is 0.405 e. The second-order valence-corrected chi connectivity index (χ2v) is 6.27. The molecule has 140 valence electrons. The third-order valence-electron chi connectivity index (χ3n) is 4.24. The molecule has 1 aromatic heterocycles. The smallest absolute Gasteiger partial charge is 0.225 e. The van der Waals surface area contributed by atoms with E-state index in [4.69, 9.17) is 5.73 Å². The summed E-state index contributed by atoms with van der Waals surface area (Å²) < 4.78 is 0. The van der Waals surface area contributed by atoms with Crippen molar-refractivity contribution in [1.82, 2.24) is 20.6 Å². The van der Waals surface area contributed by atoms with Gasteiger partial charge in [0.2, 0.25) is 11.9 Å². The molecule has 1 saturated heterocycles. The molecule has 1 amide bonds. The third-order valence-corrected chi connectivity index (χ3v) is 4.24. The van der Waals surface area contributed by atoms with Crippen LogP contribution in [0.25, 0.3) is 5.57 Å². The van der Waals surface area contributed by atoms with Crippen molar-refractivity contribution in [2.24, 2.45) is 5.73 Å². The molecule has 0 aliphatic carbocycles. The number of carbonyl (C=O) groups excluding carboxylic acids is 1. The average molecular weight is 356 g/mol. The molecule has 1 fully saturated rings. The van der Waals surface area contributed by atoms with E-state index in [2.05, 4.69) is 32.1 Å². The summed E-state index contributed by atoms with van der Waals surface area (Å²) in [6.07, 6.45) is 8.87. The quantitative estimate of drug-likeness (QED) is 0.761. The SMILES string of the molecule is C/C=C\N.C=C1CNC=C1c1ccnc(N2CCC(NC(C)=O)CC2)n1. The highest BCUT2D eigenvalue weighted by molar-refractivity contribution is 5.79. The van der Waals surface area contributed by atoms with Crippen LogP contribution in [0.5, 0.6) is 0 Å². The van der Waals surface area contributed by atoms with Crippen molar-refractivity contribution in [3.05, 3.63) is 48.6 Å². The molecule has 0 atom stereocenters. The summed E-state index contributed by atoms with van der Waals surface area (Å²) in [4.78, 5) is 22.4. The van der Waals surface area contributed by atoms with Crippen LogP contribution in [0.1, 0.15) is 32.4 Å². The molecule has 1 aromatic rings. The zero-order chi connectivity index (χ0) is 18.9. The van der Waals surface area contributed by atoms with Gasteiger partial charge in [0.05, 0.1) is 5.69 Å². The highest BCUT2D eigenvalue weighted by atomic mass is 16.1. The fraction of sp³-hybridized carbons (Fsp3) is 0.421. The molecule has 3 heterocycles. The fourth-order valence-corrected chi connectivity index (χ4v) is 2.89. The van der Waals surface area contributed by atoms with E-state index in [0.29, 0.717) is 0 Å². The van der Waals surface area contributed by atoms with E-state index in [9.17, 15) is 4.79 Å². The molecule has 3 rings (SSSR count). The summed E-state index contributed by atoms with van der Waals surface area (Å²) in [6, 6.07) is 2.18. The lowest BCUT2D eigenvalue weighted by Gasteiger charge is -2.32. The number of aromatic nitrogens is 2. The summed E-state index contributed by atoms with van der Waals surface area (Å²) >= 11 is 0. The maximum absolute atomic E-state index is 11.1. The number of allylic oxidation sites excluding steroid dienone is 1. The summed E-state index contributed by atoms with van der Waals surface area (Å²) in [5.41, 5.74) is 7.86. The van der Waals surface area contributed by atoms with Crippen LogP contribution in [0.4, 0.5) is 5.95 Å². The van der Waals surface area contributed by atoms with Crippen LogP contribution in [-0.4, -0.2) is 41.6 Å². The Morgan fingerprint density at radius 2 is 2.15 bits per heavy atom. The Bertz CT molecular complexity index is 685. The normalized spacial score (nSPS) is 17.4. The Morgan fingerprint density at radius 1 is 1.46 bits per heavy atom. The lowest BCUT2D eigenvalue weighted by atomic mass is 10.1. The first-order valence-corrected chi connectivity index (χ1v) is 8.85. The summed E-state index contributed by atoms with van der Waals surface area (Å²) in [5, 5.41) is 6.15. The third kappa shape index (κ3) is 5.34. The summed E-state index contributed by atoms with van der Waals surface area (Å²) in [7, 11) is 0. The van der Waals surface area contributed by atoms with Gasteiger partial charge in [-0.25, -0.2) is 9.97 Å². The number of amides is 1. The van der Waals surface area contributed by atoms with Crippen LogP contribution in [0.15, 0.2) is 42.9 Å². The monoisotopic (exact) mass is 356 g/mol. The standard InChI is InChI=1S/C16H21N5O.C3H7N/c1-11-9-17-10-14(11)15-3-6-18-16(20-15)21-7-4-13(5-8-21)19-12(2)22;1-2-3-4/h3,6,10,13,17H,1,4-5,7-9H2,2H3,(H,19,22);2-3H,4H2,1H3/b;3-2-. The van der Waals surface area contributed by atoms with Crippen molar-refractivity contribution in [3.63, 3.8) is 0 Å². The maximum Gasteiger partial charge on any atom is 0.225 e. The molecule has 2 aliphatic heterocycles. The van der Waals surface area contributed by atoms with Crippen LogP contribution in [0, 0.1) is 0 Å². The molecule has 0 unspecified atom stereocenters. The number of anilines is 1. The van der Waals surface area contributed by atoms with E-state index < -0.39 is 0 Å². The first kappa shape index (κ1) is 19.5. The molecule has 26 heavy (non-hydrogen) atoms. The molecular formula is C19H28N6O. The number of carbonyl (C=O) groups is 1. The molecular weight excluding hydrogens is 328 g/mol. The van der Waals surface area contributed by atoms with Gasteiger partial charge in [-0.1, -0.05) is 12.7 Å². The molecule has 7 heteroatoms. The molecule has 7 nitrogen and oxygen atoms in total. The fourth-order valence-electron chi connectivity index (χ4n) is 2.89. The second-order valence-electron chi connectivity index (χ2n) is 6.27. The molecule has 2 aliphatic rings. The number of hydrogen-bond acceptors (Lipinski definition) is 6. The lowest BCUT2D eigenvalue weighted by Crippen LogP contribution is -2.44. The van der Waals surface area contributed by atoms with Gasteiger partial charge in [-0.2, -0.15) is 0 Å². The molecule has 0 bridgehead atoms. The van der Waals surface area contributed by atoms with E-state index in [0.717, 1.165) is 55.3 Å². The number of piperidine rings is 1. The Kier molecular flexibility index (Phi) is 7.20. The summed E-state index contributed by atoms with van der Waals surface area (Å²) in [5.74, 6) is 0.787. The van der Waals surface area contributed by atoms with Crippen LogP contribution in [-0.2, 0) is 4.79 Å². The predicted octanol–water partition coefficient (Wildman–Crippen LogP) is 1.56. The predicted molar refractivity (Wildman–Crippen MR) is 105 cm³/mol. The first-order valence-electron chi connectivity index (χ1n) is 8.85. The van der Waals surface area contributed by atoms with Crippen LogP contribution in [0.3, 0.4) is 0 Å². The van der Waals surface area contributed by atoms with Crippen molar-refractivity contribution in [1.29, 1.82) is 0 Å². The Hall–Kier alpha value is -2.83. The van der Waals surface area contributed by atoms with E-state index in [1.807, 2.05) is 19.2 Å². The highest BCUT2D eigenvalue weighted by Gasteiger charge is 2.22. The van der Waals surface area contributed by atoms with Gasteiger partial charge in [0, 0.05) is 50.6 Å². The van der Waals surface area contributed by atoms with Gasteiger partial charge in [-0.15, -0.1) is 0 Å². The second kappa shape index (κ2) is 9.60. The Labute approximate surface area is 155 Å². The van der Waals surface area contributed by atoms with Crippen LogP contribution < -0.4 is 21.3 Å². The minimum Gasteiger partial charge on any atom is -0.405 e. The highest BCUT2D eigenvalue weighted by Crippen LogP contribution is 2.24. The van der Waals surface area contributed by atoms with E-state index >= 15 is 0 Å². The van der Waals surface area contributed by atoms with Crippen molar-refractivity contribution in [2.75, 3.05) is 24.5 Å². The van der Waals surface area contributed by atoms with Gasteiger partial charge in [0.1, 0.15) is 0 Å². The van der Waals surface area contributed by atoms with E-state index in [1.165, 1.54) is 6.20 Å². The Morgan fingerprint density at radius 3 is 2.69 bits per heavy atom. The van der Waals surface area contributed by atoms with E-state index in [1.54, 1.807) is 19.2 Å². The molecule has 4 N–H and O–H groups in total. The van der Waals surface area contributed by atoms with Crippen LogP contribution in [0.2, 0.25) is 0 Å².